The molecular weight excluding hydrogens is 334 g/mol. The lowest BCUT2D eigenvalue weighted by atomic mass is 10.1. The quantitative estimate of drug-likeness (QED) is 0.633. The monoisotopic (exact) mass is 351 g/mol. The van der Waals surface area contributed by atoms with E-state index in [9.17, 15) is 18.0 Å². The Kier molecular flexibility index (Phi) is 5.08. The minimum absolute atomic E-state index is 0.266. The van der Waals surface area contributed by atoms with E-state index in [0.29, 0.717) is 17.0 Å². The molecule has 0 amide bonds. The normalized spacial score (nSPS) is 12.5. The summed E-state index contributed by atoms with van der Waals surface area (Å²) in [5.74, 6) is -0.622. The van der Waals surface area contributed by atoms with Gasteiger partial charge in [-0.3, -0.25) is 9.52 Å². The highest BCUT2D eigenvalue weighted by Gasteiger charge is 2.22. The number of Topliss-reactive ketones (excluding diaryl/α,β-unsaturated/α-hetero) is 1. The van der Waals surface area contributed by atoms with E-state index in [1.54, 1.807) is 6.92 Å². The van der Waals surface area contributed by atoms with Gasteiger partial charge in [-0.05, 0) is 44.2 Å². The number of ether oxygens (including phenoxy) is 1. The van der Waals surface area contributed by atoms with E-state index in [4.69, 9.17) is 9.15 Å². The lowest BCUT2D eigenvalue weighted by Crippen LogP contribution is -2.24. The van der Waals surface area contributed by atoms with Gasteiger partial charge in [-0.15, -0.1) is 0 Å². The van der Waals surface area contributed by atoms with Gasteiger partial charge in [0.25, 0.3) is 0 Å². The molecule has 0 aliphatic rings. The highest BCUT2D eigenvalue weighted by atomic mass is 32.2. The molecule has 0 aliphatic heterocycles. The number of sulfonamides is 1. The Labute approximate surface area is 139 Å². The molecular formula is C16H17NO6S. The summed E-state index contributed by atoms with van der Waals surface area (Å²) in [6, 6.07) is 7.32. The van der Waals surface area contributed by atoms with E-state index in [-0.39, 0.29) is 5.56 Å². The Balaban J connectivity index is 2.05. The Hall–Kier alpha value is -2.61. The number of furan rings is 1. The number of rotatable bonds is 6. The molecule has 1 heterocycles. The molecule has 2 aromatic rings. The first-order valence-electron chi connectivity index (χ1n) is 7.04. The number of benzene rings is 1. The van der Waals surface area contributed by atoms with Crippen LogP contribution in [0.25, 0.3) is 0 Å². The maximum atomic E-state index is 12.3. The fourth-order valence-corrected chi connectivity index (χ4v) is 2.59. The molecule has 1 aromatic heterocycles. The zero-order valence-corrected chi connectivity index (χ0v) is 14.2. The van der Waals surface area contributed by atoms with Crippen LogP contribution in [0, 0.1) is 6.92 Å². The van der Waals surface area contributed by atoms with E-state index in [2.05, 4.69) is 4.72 Å². The van der Waals surface area contributed by atoms with Gasteiger partial charge in [0.1, 0.15) is 11.3 Å². The number of hydrogen-bond acceptors (Lipinski definition) is 6. The van der Waals surface area contributed by atoms with Crippen molar-refractivity contribution >= 4 is 27.5 Å². The molecule has 8 heteroatoms. The van der Waals surface area contributed by atoms with Gasteiger partial charge in [-0.1, -0.05) is 0 Å². The van der Waals surface area contributed by atoms with Gasteiger partial charge in [0, 0.05) is 11.3 Å². The molecule has 0 saturated carbocycles. The van der Waals surface area contributed by atoms with Gasteiger partial charge in [0.05, 0.1) is 12.5 Å². The van der Waals surface area contributed by atoms with Gasteiger partial charge >= 0.3 is 5.97 Å². The van der Waals surface area contributed by atoms with Crippen molar-refractivity contribution in [3.63, 3.8) is 0 Å². The van der Waals surface area contributed by atoms with Gasteiger partial charge in [-0.25, -0.2) is 13.2 Å². The minimum atomic E-state index is -3.38. The van der Waals surface area contributed by atoms with Crippen LogP contribution in [0.15, 0.2) is 41.0 Å². The number of carbonyl (C=O) groups is 2. The summed E-state index contributed by atoms with van der Waals surface area (Å²) in [6.45, 7) is 3.09. The van der Waals surface area contributed by atoms with Crippen LogP contribution in [0.4, 0.5) is 5.69 Å². The third-order valence-corrected chi connectivity index (χ3v) is 3.81. The molecule has 1 aromatic carbocycles. The molecule has 0 aliphatic carbocycles. The maximum Gasteiger partial charge on any atom is 0.342 e. The fourth-order valence-electron chi connectivity index (χ4n) is 2.03. The van der Waals surface area contributed by atoms with E-state index in [1.807, 2.05) is 0 Å². The zero-order chi connectivity index (χ0) is 17.9. The van der Waals surface area contributed by atoms with Gasteiger partial charge < -0.3 is 9.15 Å². The maximum absolute atomic E-state index is 12.3. The van der Waals surface area contributed by atoms with Crippen molar-refractivity contribution in [3.05, 3.63) is 53.5 Å². The minimum Gasteiger partial charge on any atom is -0.469 e. The fraction of sp³-hybridized carbons (Fsp3) is 0.250. The Morgan fingerprint density at radius 1 is 1.17 bits per heavy atom. The topological polar surface area (TPSA) is 103 Å². The molecule has 0 saturated heterocycles. The summed E-state index contributed by atoms with van der Waals surface area (Å²) in [4.78, 5) is 24.3. The van der Waals surface area contributed by atoms with Crippen LogP contribution >= 0.6 is 0 Å². The molecule has 0 bridgehead atoms. The predicted molar refractivity (Wildman–Crippen MR) is 87.6 cm³/mol. The van der Waals surface area contributed by atoms with Crippen molar-refractivity contribution < 1.29 is 27.2 Å². The van der Waals surface area contributed by atoms with Crippen molar-refractivity contribution in [2.45, 2.75) is 20.0 Å². The first kappa shape index (κ1) is 17.7. The van der Waals surface area contributed by atoms with E-state index in [0.717, 1.165) is 6.26 Å². The van der Waals surface area contributed by atoms with E-state index in [1.165, 1.54) is 43.5 Å². The van der Waals surface area contributed by atoms with Crippen molar-refractivity contribution in [3.8, 4) is 0 Å². The summed E-state index contributed by atoms with van der Waals surface area (Å²) in [6.07, 6.45) is 1.41. The van der Waals surface area contributed by atoms with Crippen LogP contribution in [0.3, 0.4) is 0 Å². The van der Waals surface area contributed by atoms with E-state index >= 15 is 0 Å². The Bertz CT molecular complexity index is 851. The SMILES string of the molecule is Cc1occc1C(=O)OC(C)C(=O)c1ccc(NS(C)(=O)=O)cc1. The molecule has 1 unspecified atom stereocenters. The number of carbonyl (C=O) groups excluding carboxylic acids is 2. The second kappa shape index (κ2) is 6.88. The number of anilines is 1. The highest BCUT2D eigenvalue weighted by Crippen LogP contribution is 2.16. The molecule has 0 fully saturated rings. The van der Waals surface area contributed by atoms with Crippen molar-refractivity contribution in [1.82, 2.24) is 0 Å². The average molecular weight is 351 g/mol. The number of esters is 1. The number of aryl methyl sites for hydroxylation is 1. The zero-order valence-electron chi connectivity index (χ0n) is 13.4. The number of ketones is 1. The summed E-state index contributed by atoms with van der Waals surface area (Å²) in [7, 11) is -3.38. The summed E-state index contributed by atoms with van der Waals surface area (Å²) in [5, 5.41) is 0. The van der Waals surface area contributed by atoms with Gasteiger partial charge in [0.2, 0.25) is 15.8 Å². The second-order valence-electron chi connectivity index (χ2n) is 5.25. The third-order valence-electron chi connectivity index (χ3n) is 3.20. The van der Waals surface area contributed by atoms with Crippen LogP contribution in [0.1, 0.15) is 33.4 Å². The standard InChI is InChI=1S/C16H17NO6S/c1-10-14(8-9-22-10)16(19)23-11(2)15(18)12-4-6-13(7-5-12)17-24(3,20)21/h4-9,11,17H,1-3H3. The van der Waals surface area contributed by atoms with Crippen molar-refractivity contribution in [2.75, 3.05) is 11.0 Å². The largest absolute Gasteiger partial charge is 0.469 e. The lowest BCUT2D eigenvalue weighted by Gasteiger charge is -2.12. The van der Waals surface area contributed by atoms with E-state index < -0.39 is 27.9 Å². The first-order valence-corrected chi connectivity index (χ1v) is 8.93. The van der Waals surface area contributed by atoms with Gasteiger partial charge in [-0.2, -0.15) is 0 Å². The van der Waals surface area contributed by atoms with Crippen LogP contribution in [0.5, 0.6) is 0 Å². The Morgan fingerprint density at radius 3 is 2.29 bits per heavy atom. The van der Waals surface area contributed by atoms with Crippen LogP contribution in [0.2, 0.25) is 0 Å². The highest BCUT2D eigenvalue weighted by molar-refractivity contribution is 7.92. The van der Waals surface area contributed by atoms with Gasteiger partial charge in [0.15, 0.2) is 6.10 Å². The van der Waals surface area contributed by atoms with Crippen molar-refractivity contribution in [1.29, 1.82) is 0 Å². The molecule has 0 spiro atoms. The van der Waals surface area contributed by atoms with Crippen molar-refractivity contribution in [2.24, 2.45) is 0 Å². The molecule has 128 valence electrons. The molecule has 0 radical (unpaired) electrons. The molecule has 1 N–H and O–H groups in total. The van der Waals surface area contributed by atoms with Crippen LogP contribution < -0.4 is 4.72 Å². The third kappa shape index (κ3) is 4.45. The summed E-state index contributed by atoms with van der Waals surface area (Å²) >= 11 is 0. The van der Waals surface area contributed by atoms with Crippen LogP contribution in [-0.4, -0.2) is 32.5 Å². The molecule has 7 nitrogen and oxygen atoms in total. The summed E-state index contributed by atoms with van der Waals surface area (Å²) < 4.78 is 34.8. The molecule has 2 rings (SSSR count). The predicted octanol–water partition coefficient (Wildman–Crippen LogP) is 2.39. The Morgan fingerprint density at radius 2 is 1.79 bits per heavy atom. The summed E-state index contributed by atoms with van der Waals surface area (Å²) in [5.41, 5.74) is 0.910. The average Bonchev–Trinajstić information content (AvgIpc) is 2.92. The lowest BCUT2D eigenvalue weighted by molar-refractivity contribution is 0.0317. The smallest absolute Gasteiger partial charge is 0.342 e. The number of nitrogens with one attached hydrogen (secondary N) is 1. The molecule has 24 heavy (non-hydrogen) atoms. The second-order valence-corrected chi connectivity index (χ2v) is 7.00. The first-order chi connectivity index (χ1) is 11.2. The number of hydrogen-bond donors (Lipinski definition) is 1. The van der Waals surface area contributed by atoms with Crippen LogP contribution in [-0.2, 0) is 14.8 Å². The molecule has 1 atom stereocenters.